The van der Waals surface area contributed by atoms with Gasteiger partial charge in [-0.3, -0.25) is 0 Å². The molecule has 312 valence electrons. The van der Waals surface area contributed by atoms with Crippen molar-refractivity contribution in [2.45, 2.75) is 307 Å². The Balaban J connectivity index is -0.00000000433. The van der Waals surface area contributed by atoms with Crippen molar-refractivity contribution < 1.29 is 0 Å². The van der Waals surface area contributed by atoms with Crippen LogP contribution in [0.5, 0.6) is 0 Å². The molecule has 0 saturated carbocycles. The van der Waals surface area contributed by atoms with Crippen molar-refractivity contribution in [1.82, 2.24) is 0 Å². The highest BCUT2D eigenvalue weighted by Gasteiger charge is 0.970. The Hall–Kier alpha value is 0. The van der Waals surface area contributed by atoms with Crippen molar-refractivity contribution in [3.8, 4) is 0 Å². The van der Waals surface area contributed by atoms with Crippen LogP contribution in [0.2, 0.25) is 0 Å². The fourth-order valence-corrected chi connectivity index (χ4v) is 0. The Kier molecular flexibility index (Phi) is 0. The van der Waals surface area contributed by atoms with E-state index in [4.69, 9.17) is 0 Å². The molecule has 0 aromatic heterocycles. The largest absolute Gasteiger partial charge is 0.0776 e. The van der Waals surface area contributed by atoms with E-state index in [1.165, 1.54) is 0 Å². The second-order valence-corrected chi connectivity index (χ2v) is 0. The summed E-state index contributed by atoms with van der Waals surface area (Å²) >= 11 is 0. The van der Waals surface area contributed by atoms with Crippen molar-refractivity contribution in [1.29, 1.82) is 0 Å². The fourth-order valence-electron chi connectivity index (χ4n) is 0. The number of hydrogen-bond acceptors (Lipinski definition) is 0. The highest BCUT2D eigenvalue weighted by atomic mass is 13.0. The van der Waals surface area contributed by atoms with Crippen LogP contribution in [0.15, 0.2) is 0 Å². The zero-order valence-corrected chi connectivity index (χ0v) is 40.0. The van der Waals surface area contributed by atoms with Gasteiger partial charge in [0.05, 0.1) is 0 Å². The van der Waals surface area contributed by atoms with Gasteiger partial charge in [0.2, 0.25) is 0 Å². The van der Waals surface area contributed by atoms with Crippen LogP contribution in [-0.2, 0) is 0 Å². The third-order valence-corrected chi connectivity index (χ3v) is 0. The Morgan fingerprint density at radius 1 is 0.0682 bits per heavy atom. The first-order valence-corrected chi connectivity index (χ1v) is 20.0. The van der Waals surface area contributed by atoms with E-state index in [1.807, 2.05) is 277 Å². The predicted molar refractivity (Wildman–Crippen MR) is 254 cm³/mol. The summed E-state index contributed by atoms with van der Waals surface area (Å²) in [5, 5.41) is 0. The predicted octanol–water partition coefficient (Wildman–Crippen LogP) is 23.1. The number of hydrogen-bond donors (Lipinski definition) is 0. The molecule has 0 aromatic rings. The molecule has 0 fully saturated rings. The van der Waals surface area contributed by atoms with Gasteiger partial charge in [-0.2, -0.15) is 0 Å². The van der Waals surface area contributed by atoms with Crippen LogP contribution in [0, 0.1) is 0 Å². The molecule has 0 heteroatoms. The smallest absolute Gasteiger partial charge is 0.0683 e. The minimum absolute atomic E-state index is 0. The normalized spacial score (nSPS) is 2.73. The van der Waals surface area contributed by atoms with Crippen LogP contribution in [0.4, 0.5) is 0 Å². The van der Waals surface area contributed by atoms with Crippen LogP contribution in [0.3, 0.4) is 0 Å². The zero-order valence-electron chi connectivity index (χ0n) is 40.0. The average molecular weight is 666 g/mol. The van der Waals surface area contributed by atoms with Crippen molar-refractivity contribution in [3.63, 3.8) is 0 Å². The molecule has 0 aliphatic carbocycles. The SMILES string of the molecule is C.C.C.C.CC.CC.CC.CC.CC.CC.CC.CC.CC.CC.CC.CC.CC.CC.CC.CC.CC.CC.CC.CC. The van der Waals surface area contributed by atoms with E-state index in [-0.39, 0.29) is 29.7 Å². The summed E-state index contributed by atoms with van der Waals surface area (Å²) in [6.07, 6.45) is 0. The molecule has 0 rings (SSSR count). The highest BCUT2D eigenvalue weighted by molar-refractivity contribution is 3.54. The summed E-state index contributed by atoms with van der Waals surface area (Å²) in [6.45, 7) is 80.0. The molecule has 0 unspecified atom stereocenters. The molecule has 0 aliphatic rings. The first-order chi connectivity index (χ1) is 20.0. The molecule has 0 amide bonds. The molecule has 0 aliphatic heterocycles. The number of rotatable bonds is 0. The summed E-state index contributed by atoms with van der Waals surface area (Å²) in [7, 11) is 0. The Morgan fingerprint density at radius 3 is 0.0682 bits per heavy atom. The van der Waals surface area contributed by atoms with E-state index in [9.17, 15) is 0 Å². The van der Waals surface area contributed by atoms with Crippen LogP contribution in [-0.4, -0.2) is 0 Å². The topological polar surface area (TPSA) is 0 Å². The fraction of sp³-hybridized carbons (Fsp3) is 1.00. The molecule has 0 aromatic carbocycles. The van der Waals surface area contributed by atoms with E-state index >= 15 is 0 Å². The van der Waals surface area contributed by atoms with Crippen LogP contribution in [0.25, 0.3) is 0 Å². The van der Waals surface area contributed by atoms with Gasteiger partial charge in [0.15, 0.2) is 0 Å². The monoisotopic (exact) mass is 665 g/mol. The third-order valence-electron chi connectivity index (χ3n) is 0. The van der Waals surface area contributed by atoms with E-state index in [2.05, 4.69) is 0 Å². The lowest BCUT2D eigenvalue weighted by Crippen LogP contribution is -0.856. The maximum Gasteiger partial charge on any atom is -0.0683 e. The van der Waals surface area contributed by atoms with Gasteiger partial charge in [-0.1, -0.05) is 307 Å². The van der Waals surface area contributed by atoms with Gasteiger partial charge in [0.1, 0.15) is 0 Å². The summed E-state index contributed by atoms with van der Waals surface area (Å²) in [5.74, 6) is 0. The summed E-state index contributed by atoms with van der Waals surface area (Å²) in [6, 6.07) is 0. The lowest BCUT2D eigenvalue weighted by Gasteiger charge is -1.07. The van der Waals surface area contributed by atoms with Gasteiger partial charge in [0.25, 0.3) is 0 Å². The molecule has 0 spiro atoms. The van der Waals surface area contributed by atoms with Gasteiger partial charge in [-0.25, -0.2) is 0 Å². The highest BCUT2D eigenvalue weighted by Crippen LogP contribution is 1.18. The molecule has 0 atom stereocenters. The Morgan fingerprint density at radius 2 is 0.0682 bits per heavy atom. The molecule has 0 N–H and O–H groups in total. The quantitative estimate of drug-likeness (QED) is 0.242. The summed E-state index contributed by atoms with van der Waals surface area (Å²) in [5.41, 5.74) is 0. The molecule has 0 nitrogen and oxygen atoms in total. The molecule has 0 saturated heterocycles. The maximum absolute atomic E-state index is 2.00. The van der Waals surface area contributed by atoms with Crippen molar-refractivity contribution >= 4 is 0 Å². The van der Waals surface area contributed by atoms with E-state index in [0.29, 0.717) is 0 Å². The first kappa shape index (κ1) is 203. The first-order valence-electron chi connectivity index (χ1n) is 20.0. The molecule has 0 heterocycles. The maximum atomic E-state index is 2.00. The van der Waals surface area contributed by atoms with Gasteiger partial charge >= 0.3 is 0 Å². The van der Waals surface area contributed by atoms with Crippen molar-refractivity contribution in [2.24, 2.45) is 0 Å². The summed E-state index contributed by atoms with van der Waals surface area (Å²) in [4.78, 5) is 0. The van der Waals surface area contributed by atoms with E-state index < -0.39 is 0 Å². The average Bonchev–Trinajstić information content (AvgIpc) is 3.21. The Bertz CT molecular complexity index is 0. The lowest BCUT2D eigenvalue weighted by atomic mass is 11.0. The van der Waals surface area contributed by atoms with Crippen molar-refractivity contribution in [3.05, 3.63) is 0 Å². The van der Waals surface area contributed by atoms with Gasteiger partial charge in [-0.05, 0) is 0 Å². The third kappa shape index (κ3) is 0. The standard InChI is InChI=1S/20C2H6.4CH4/c20*1-2;;;;/h20*1-2H3;4*1H4. The van der Waals surface area contributed by atoms with E-state index in [0.717, 1.165) is 0 Å². The molecule has 44 heavy (non-hydrogen) atoms. The van der Waals surface area contributed by atoms with Gasteiger partial charge in [-0.15, -0.1) is 0 Å². The molecular weight excluding hydrogens is 528 g/mol. The Labute approximate surface area is 306 Å². The molecular formula is C44H136. The lowest BCUT2D eigenvalue weighted by molar-refractivity contribution is 1.50. The van der Waals surface area contributed by atoms with Crippen LogP contribution < -0.4 is 0 Å². The minimum Gasteiger partial charge on any atom is -0.0776 e. The second-order valence-electron chi connectivity index (χ2n) is 0. The van der Waals surface area contributed by atoms with Gasteiger partial charge in [0, 0.05) is 0 Å². The minimum atomic E-state index is 0. The van der Waals surface area contributed by atoms with Crippen LogP contribution in [0.1, 0.15) is 307 Å². The molecule has 0 radical (unpaired) electrons. The zero-order chi connectivity index (χ0) is 40.0. The van der Waals surface area contributed by atoms with Crippen LogP contribution >= 0.6 is 0 Å². The molecule has 0 bridgehead atoms. The van der Waals surface area contributed by atoms with Gasteiger partial charge < -0.3 is 0 Å². The van der Waals surface area contributed by atoms with E-state index in [1.54, 1.807) is 0 Å². The second kappa shape index (κ2) is 0. The van der Waals surface area contributed by atoms with Crippen molar-refractivity contribution in [2.75, 3.05) is 0 Å². The summed E-state index contributed by atoms with van der Waals surface area (Å²) < 4.78 is 0.